The van der Waals surface area contributed by atoms with Gasteiger partial charge in [0.25, 0.3) is 0 Å². The molecular weight excluding hydrogens is 356 g/mol. The van der Waals surface area contributed by atoms with Gasteiger partial charge in [-0.25, -0.2) is 9.67 Å². The van der Waals surface area contributed by atoms with Gasteiger partial charge in [-0.1, -0.05) is 23.8 Å². The van der Waals surface area contributed by atoms with E-state index in [1.54, 1.807) is 11.0 Å². The van der Waals surface area contributed by atoms with E-state index < -0.39 is 5.79 Å². The van der Waals surface area contributed by atoms with Crippen LogP contribution in [0.3, 0.4) is 0 Å². The first-order chi connectivity index (χ1) is 13.5. The summed E-state index contributed by atoms with van der Waals surface area (Å²) in [4.78, 5) is 4.03. The molecule has 1 aliphatic heterocycles. The molecule has 3 aromatic rings. The summed E-state index contributed by atoms with van der Waals surface area (Å²) in [6, 6.07) is 13.6. The Morgan fingerprint density at radius 2 is 2.04 bits per heavy atom. The van der Waals surface area contributed by atoms with Gasteiger partial charge in [0.15, 0.2) is 0 Å². The summed E-state index contributed by atoms with van der Waals surface area (Å²) in [5.74, 6) is -0.182. The van der Waals surface area contributed by atoms with Crippen molar-refractivity contribution in [3.63, 3.8) is 0 Å². The molecule has 0 radical (unpaired) electrons. The summed E-state index contributed by atoms with van der Waals surface area (Å²) in [5.41, 5.74) is 9.72. The van der Waals surface area contributed by atoms with Crippen molar-refractivity contribution in [1.82, 2.24) is 14.8 Å². The molecule has 2 N–H and O–H groups in total. The molecule has 7 nitrogen and oxygen atoms in total. The average Bonchev–Trinajstić information content (AvgIpc) is 3.32. The van der Waals surface area contributed by atoms with Crippen LogP contribution in [-0.4, -0.2) is 34.1 Å². The summed E-state index contributed by atoms with van der Waals surface area (Å²) in [7, 11) is 0. The quantitative estimate of drug-likeness (QED) is 0.662. The molecule has 2 unspecified atom stereocenters. The maximum Gasteiger partial charge on any atom is 0.216 e. The highest BCUT2D eigenvalue weighted by Gasteiger charge is 2.45. The molecule has 0 bridgehead atoms. The number of ether oxygens (including phenoxy) is 3. The number of nitrogens with zero attached hydrogens (tertiary/aromatic N) is 3. The zero-order chi connectivity index (χ0) is 19.6. The molecule has 0 saturated carbocycles. The van der Waals surface area contributed by atoms with Crippen LogP contribution < -0.4 is 10.5 Å². The van der Waals surface area contributed by atoms with Crippen molar-refractivity contribution in [2.45, 2.75) is 32.3 Å². The van der Waals surface area contributed by atoms with Crippen LogP contribution in [0.5, 0.6) is 5.75 Å². The highest BCUT2D eigenvalue weighted by Crippen LogP contribution is 2.38. The topological polar surface area (TPSA) is 84.4 Å². The number of benzene rings is 2. The van der Waals surface area contributed by atoms with Gasteiger partial charge in [-0.05, 0) is 43.7 Å². The summed E-state index contributed by atoms with van der Waals surface area (Å²) in [6.07, 6.45) is 2.96. The number of hydrogen-bond donors (Lipinski definition) is 1. The van der Waals surface area contributed by atoms with Gasteiger partial charge in [0.1, 0.15) is 37.7 Å². The Hall–Kier alpha value is -2.90. The van der Waals surface area contributed by atoms with E-state index in [1.807, 2.05) is 24.3 Å². The Labute approximate surface area is 164 Å². The minimum absolute atomic E-state index is 0.207. The van der Waals surface area contributed by atoms with E-state index in [2.05, 4.69) is 42.1 Å². The lowest BCUT2D eigenvalue weighted by atomic mass is 9.98. The molecular formula is C21H24N4O3. The first-order valence-electron chi connectivity index (χ1n) is 9.24. The van der Waals surface area contributed by atoms with E-state index in [1.165, 1.54) is 11.9 Å². The lowest BCUT2D eigenvalue weighted by Gasteiger charge is -2.30. The van der Waals surface area contributed by atoms with Crippen LogP contribution in [0.25, 0.3) is 0 Å². The van der Waals surface area contributed by atoms with Crippen molar-refractivity contribution in [1.29, 1.82) is 0 Å². The molecule has 2 heterocycles. The minimum atomic E-state index is -0.930. The van der Waals surface area contributed by atoms with Crippen LogP contribution >= 0.6 is 0 Å². The third kappa shape index (κ3) is 3.85. The first kappa shape index (κ1) is 18.5. The van der Waals surface area contributed by atoms with Crippen molar-refractivity contribution >= 4 is 5.69 Å². The number of aryl methyl sites for hydroxylation is 2. The van der Waals surface area contributed by atoms with E-state index in [0.29, 0.717) is 25.4 Å². The molecule has 28 heavy (non-hydrogen) atoms. The number of anilines is 1. The molecule has 1 aromatic heterocycles. The van der Waals surface area contributed by atoms with Gasteiger partial charge in [-0.2, -0.15) is 5.10 Å². The van der Waals surface area contributed by atoms with E-state index in [9.17, 15) is 0 Å². The predicted molar refractivity (Wildman–Crippen MR) is 105 cm³/mol. The van der Waals surface area contributed by atoms with Crippen LogP contribution in [0.1, 0.15) is 16.7 Å². The second-order valence-corrected chi connectivity index (χ2v) is 7.10. The van der Waals surface area contributed by atoms with Gasteiger partial charge in [0, 0.05) is 11.3 Å². The first-order valence-corrected chi connectivity index (χ1v) is 9.24. The van der Waals surface area contributed by atoms with Gasteiger partial charge in [0.2, 0.25) is 5.79 Å². The Bertz CT molecular complexity index is 927. The zero-order valence-corrected chi connectivity index (χ0v) is 16.0. The zero-order valence-electron chi connectivity index (χ0n) is 16.0. The van der Waals surface area contributed by atoms with E-state index >= 15 is 0 Å². The molecule has 146 valence electrons. The lowest BCUT2D eigenvalue weighted by molar-refractivity contribution is -0.191. The number of aromatic nitrogens is 3. The van der Waals surface area contributed by atoms with Crippen molar-refractivity contribution in [3.05, 3.63) is 71.8 Å². The molecule has 1 aliphatic rings. The Morgan fingerprint density at radius 3 is 2.75 bits per heavy atom. The Balaban J connectivity index is 1.54. The lowest BCUT2D eigenvalue weighted by Crippen LogP contribution is -2.35. The fourth-order valence-electron chi connectivity index (χ4n) is 3.48. The number of nitrogen functional groups attached to an aromatic ring is 1. The van der Waals surface area contributed by atoms with E-state index in [0.717, 1.165) is 16.9 Å². The number of rotatable bonds is 6. The standard InChI is InChI=1S/C21H24N4O3/c1-15-3-8-20(16(2)9-15)21(12-25-14-23-13-24-25)27-11-19(28-21)10-26-18-6-4-17(22)5-7-18/h3-9,13-14,19H,10-12,22H2,1-2H3. The Morgan fingerprint density at radius 1 is 1.21 bits per heavy atom. The fraction of sp³-hybridized carbons (Fsp3) is 0.333. The normalized spacial score (nSPS) is 21.7. The summed E-state index contributed by atoms with van der Waals surface area (Å²) in [5, 5.41) is 4.23. The van der Waals surface area contributed by atoms with E-state index in [-0.39, 0.29) is 6.10 Å². The van der Waals surface area contributed by atoms with E-state index in [4.69, 9.17) is 19.9 Å². The van der Waals surface area contributed by atoms with Crippen molar-refractivity contribution < 1.29 is 14.2 Å². The molecule has 0 spiro atoms. The molecule has 1 saturated heterocycles. The molecule has 2 atom stereocenters. The number of hydrogen-bond acceptors (Lipinski definition) is 6. The van der Waals surface area contributed by atoms with Crippen LogP contribution in [-0.2, 0) is 21.8 Å². The molecule has 4 rings (SSSR count). The van der Waals surface area contributed by atoms with Crippen LogP contribution in [0.4, 0.5) is 5.69 Å². The van der Waals surface area contributed by atoms with Crippen LogP contribution in [0, 0.1) is 13.8 Å². The van der Waals surface area contributed by atoms with Gasteiger partial charge < -0.3 is 19.9 Å². The highest BCUT2D eigenvalue weighted by molar-refractivity contribution is 5.41. The maximum absolute atomic E-state index is 6.41. The molecule has 0 amide bonds. The fourth-order valence-corrected chi connectivity index (χ4v) is 3.48. The molecule has 0 aliphatic carbocycles. The number of nitrogens with two attached hydrogens (primary N) is 1. The SMILES string of the molecule is Cc1ccc(C2(Cn3cncn3)OCC(COc3ccc(N)cc3)O2)c(C)c1. The van der Waals surface area contributed by atoms with Gasteiger partial charge in [-0.15, -0.1) is 0 Å². The van der Waals surface area contributed by atoms with Gasteiger partial charge in [-0.3, -0.25) is 0 Å². The largest absolute Gasteiger partial charge is 0.491 e. The predicted octanol–water partition coefficient (Wildman–Crippen LogP) is 2.82. The third-order valence-electron chi connectivity index (χ3n) is 4.80. The monoisotopic (exact) mass is 380 g/mol. The van der Waals surface area contributed by atoms with Crippen molar-refractivity contribution in [2.24, 2.45) is 0 Å². The smallest absolute Gasteiger partial charge is 0.216 e. The van der Waals surface area contributed by atoms with Gasteiger partial charge in [0.05, 0.1) is 6.61 Å². The molecule has 2 aromatic carbocycles. The highest BCUT2D eigenvalue weighted by atomic mass is 16.8. The average molecular weight is 380 g/mol. The van der Waals surface area contributed by atoms with Crippen molar-refractivity contribution in [3.8, 4) is 5.75 Å². The summed E-state index contributed by atoms with van der Waals surface area (Å²) in [6.45, 7) is 5.36. The second-order valence-electron chi connectivity index (χ2n) is 7.10. The molecule has 1 fully saturated rings. The molecule has 7 heteroatoms. The summed E-state index contributed by atoms with van der Waals surface area (Å²) >= 11 is 0. The Kier molecular flexibility index (Phi) is 5.02. The van der Waals surface area contributed by atoms with Gasteiger partial charge >= 0.3 is 0 Å². The maximum atomic E-state index is 6.41. The summed E-state index contributed by atoms with van der Waals surface area (Å²) < 4.78 is 20.2. The third-order valence-corrected chi connectivity index (χ3v) is 4.80. The minimum Gasteiger partial charge on any atom is -0.491 e. The second kappa shape index (κ2) is 7.61. The van der Waals surface area contributed by atoms with Crippen molar-refractivity contribution in [2.75, 3.05) is 18.9 Å². The van der Waals surface area contributed by atoms with Crippen LogP contribution in [0.2, 0.25) is 0 Å². The van der Waals surface area contributed by atoms with Crippen LogP contribution in [0.15, 0.2) is 55.1 Å².